The summed E-state index contributed by atoms with van der Waals surface area (Å²) in [6.07, 6.45) is 6.12. The van der Waals surface area contributed by atoms with E-state index in [1.54, 1.807) is 24.5 Å². The Morgan fingerprint density at radius 3 is 2.79 bits per heavy atom. The number of pyridine rings is 1. The smallest absolute Gasteiger partial charge is 0.273 e. The number of piperidine rings is 1. The zero-order chi connectivity index (χ0) is 20.3. The maximum absolute atomic E-state index is 12.9. The summed E-state index contributed by atoms with van der Waals surface area (Å²) in [7, 11) is 0. The molecule has 0 unspecified atom stereocenters. The van der Waals surface area contributed by atoms with Crippen molar-refractivity contribution in [1.82, 2.24) is 9.88 Å². The molecule has 1 spiro atoms. The standard InChI is InChI=1S/C22H24N4O3/c1-2-16-6-8-17(9-7-16)21(28)26-12-4-10-22(15-26)13-19(25-29-22)20(27)24-18-5-3-11-23-14-18/h3,5-9,11,14H,2,4,10,12-13,15H2,1H3,(H,24,27)/t22-/m0/s1. The molecule has 1 aromatic heterocycles. The zero-order valence-electron chi connectivity index (χ0n) is 16.4. The van der Waals surface area contributed by atoms with Crippen LogP contribution in [0.25, 0.3) is 0 Å². The minimum Gasteiger partial charge on any atom is -0.386 e. The minimum absolute atomic E-state index is 0.0106. The molecule has 3 heterocycles. The number of carbonyl (C=O) groups is 2. The Hall–Kier alpha value is -3.22. The molecular weight excluding hydrogens is 368 g/mol. The van der Waals surface area contributed by atoms with Crippen molar-refractivity contribution in [2.75, 3.05) is 18.4 Å². The Labute approximate surface area is 169 Å². The number of hydrogen-bond acceptors (Lipinski definition) is 5. The molecule has 0 saturated carbocycles. The van der Waals surface area contributed by atoms with Gasteiger partial charge >= 0.3 is 0 Å². The predicted molar refractivity (Wildman–Crippen MR) is 110 cm³/mol. The van der Waals surface area contributed by atoms with Gasteiger partial charge in [0.15, 0.2) is 5.60 Å². The zero-order valence-corrected chi connectivity index (χ0v) is 16.4. The van der Waals surface area contributed by atoms with Gasteiger partial charge < -0.3 is 15.1 Å². The van der Waals surface area contributed by atoms with Crippen LogP contribution in [0.5, 0.6) is 0 Å². The van der Waals surface area contributed by atoms with Crippen LogP contribution in [0.1, 0.15) is 42.1 Å². The van der Waals surface area contributed by atoms with E-state index in [1.165, 1.54) is 5.56 Å². The maximum Gasteiger partial charge on any atom is 0.273 e. The third-order valence-electron chi connectivity index (χ3n) is 5.46. The fourth-order valence-electron chi connectivity index (χ4n) is 3.84. The summed E-state index contributed by atoms with van der Waals surface area (Å²) in [6, 6.07) is 11.2. The Morgan fingerprint density at radius 1 is 1.24 bits per heavy atom. The molecule has 29 heavy (non-hydrogen) atoms. The van der Waals surface area contributed by atoms with Crippen LogP contribution in [0.15, 0.2) is 53.9 Å². The Kier molecular flexibility index (Phi) is 5.29. The van der Waals surface area contributed by atoms with E-state index in [9.17, 15) is 9.59 Å². The first-order valence-corrected chi connectivity index (χ1v) is 9.93. The van der Waals surface area contributed by atoms with Gasteiger partial charge in [-0.2, -0.15) is 0 Å². The predicted octanol–water partition coefficient (Wildman–Crippen LogP) is 3.03. The van der Waals surface area contributed by atoms with E-state index in [0.717, 1.165) is 19.3 Å². The fourth-order valence-corrected chi connectivity index (χ4v) is 3.84. The van der Waals surface area contributed by atoms with Crippen molar-refractivity contribution in [3.63, 3.8) is 0 Å². The molecule has 7 heteroatoms. The number of likely N-dealkylation sites (tertiary alicyclic amines) is 1. The molecule has 0 bridgehead atoms. The first-order valence-electron chi connectivity index (χ1n) is 9.93. The van der Waals surface area contributed by atoms with Crippen LogP contribution in [0.3, 0.4) is 0 Å². The lowest BCUT2D eigenvalue weighted by molar-refractivity contribution is -0.110. The highest BCUT2D eigenvalue weighted by Gasteiger charge is 2.45. The lowest BCUT2D eigenvalue weighted by atomic mass is 9.87. The van der Waals surface area contributed by atoms with Crippen molar-refractivity contribution in [1.29, 1.82) is 0 Å². The van der Waals surface area contributed by atoms with E-state index in [2.05, 4.69) is 22.4 Å². The Bertz CT molecular complexity index is 927. The van der Waals surface area contributed by atoms with Crippen LogP contribution >= 0.6 is 0 Å². The molecule has 2 amide bonds. The van der Waals surface area contributed by atoms with Gasteiger partial charge in [-0.25, -0.2) is 0 Å². The molecule has 1 fully saturated rings. The molecule has 7 nitrogen and oxygen atoms in total. The van der Waals surface area contributed by atoms with Crippen molar-refractivity contribution in [3.05, 3.63) is 59.9 Å². The molecule has 2 aromatic rings. The normalized spacial score (nSPS) is 20.9. The van der Waals surface area contributed by atoms with Crippen molar-refractivity contribution >= 4 is 23.2 Å². The highest BCUT2D eigenvalue weighted by atomic mass is 16.7. The van der Waals surface area contributed by atoms with Gasteiger partial charge in [0.1, 0.15) is 5.71 Å². The van der Waals surface area contributed by atoms with E-state index in [4.69, 9.17) is 4.84 Å². The lowest BCUT2D eigenvalue weighted by Crippen LogP contribution is -2.50. The molecule has 2 aliphatic heterocycles. The van der Waals surface area contributed by atoms with Crippen molar-refractivity contribution in [2.24, 2.45) is 5.16 Å². The average Bonchev–Trinajstić information content (AvgIpc) is 3.17. The monoisotopic (exact) mass is 392 g/mol. The fraction of sp³-hybridized carbons (Fsp3) is 0.364. The number of aromatic nitrogens is 1. The van der Waals surface area contributed by atoms with Crippen LogP contribution in [0, 0.1) is 0 Å². The van der Waals surface area contributed by atoms with E-state index in [0.29, 0.717) is 36.5 Å². The van der Waals surface area contributed by atoms with E-state index >= 15 is 0 Å². The Balaban J connectivity index is 1.40. The second-order valence-corrected chi connectivity index (χ2v) is 7.57. The molecule has 0 radical (unpaired) electrons. The van der Waals surface area contributed by atoms with Crippen molar-refractivity contribution in [3.8, 4) is 0 Å². The second-order valence-electron chi connectivity index (χ2n) is 7.57. The third-order valence-corrected chi connectivity index (χ3v) is 5.46. The van der Waals surface area contributed by atoms with Crippen LogP contribution in [0.4, 0.5) is 5.69 Å². The quantitative estimate of drug-likeness (QED) is 0.867. The summed E-state index contributed by atoms with van der Waals surface area (Å²) in [4.78, 5) is 37.0. The summed E-state index contributed by atoms with van der Waals surface area (Å²) >= 11 is 0. The molecular formula is C22H24N4O3. The maximum atomic E-state index is 12.9. The van der Waals surface area contributed by atoms with Gasteiger partial charge in [0, 0.05) is 24.7 Å². The molecule has 1 aromatic carbocycles. The van der Waals surface area contributed by atoms with E-state index < -0.39 is 5.60 Å². The van der Waals surface area contributed by atoms with Gasteiger partial charge in [-0.05, 0) is 49.1 Å². The van der Waals surface area contributed by atoms with Gasteiger partial charge in [0.05, 0.1) is 18.4 Å². The number of rotatable bonds is 4. The number of hydrogen-bond donors (Lipinski definition) is 1. The number of aryl methyl sites for hydroxylation is 1. The van der Waals surface area contributed by atoms with Crippen LogP contribution in [-0.4, -0.2) is 46.1 Å². The van der Waals surface area contributed by atoms with Gasteiger partial charge in [0.2, 0.25) is 0 Å². The first kappa shape index (κ1) is 19.1. The topological polar surface area (TPSA) is 83.9 Å². The summed E-state index contributed by atoms with van der Waals surface area (Å²) in [5.41, 5.74) is 2.20. The highest BCUT2D eigenvalue weighted by molar-refractivity contribution is 6.43. The van der Waals surface area contributed by atoms with Crippen molar-refractivity contribution in [2.45, 2.75) is 38.2 Å². The molecule has 150 valence electrons. The summed E-state index contributed by atoms with van der Waals surface area (Å²) in [5.74, 6) is -0.308. The molecule has 0 aliphatic carbocycles. The number of nitrogens with one attached hydrogen (secondary N) is 1. The van der Waals surface area contributed by atoms with Gasteiger partial charge in [-0.3, -0.25) is 14.6 Å². The highest BCUT2D eigenvalue weighted by Crippen LogP contribution is 2.34. The summed E-state index contributed by atoms with van der Waals surface area (Å²) in [5, 5.41) is 6.83. The lowest BCUT2D eigenvalue weighted by Gasteiger charge is -2.38. The van der Waals surface area contributed by atoms with E-state index in [-0.39, 0.29) is 11.8 Å². The molecule has 1 saturated heterocycles. The Morgan fingerprint density at radius 2 is 2.07 bits per heavy atom. The van der Waals surface area contributed by atoms with Crippen LogP contribution in [0.2, 0.25) is 0 Å². The van der Waals surface area contributed by atoms with Gasteiger partial charge in [-0.1, -0.05) is 24.2 Å². The number of carbonyl (C=O) groups excluding carboxylic acids is 2. The number of anilines is 1. The van der Waals surface area contributed by atoms with E-state index in [1.807, 2.05) is 29.2 Å². The minimum atomic E-state index is -0.626. The molecule has 4 rings (SSSR count). The number of benzene rings is 1. The number of nitrogens with zero attached hydrogens (tertiary/aromatic N) is 3. The van der Waals surface area contributed by atoms with Gasteiger partial charge in [-0.15, -0.1) is 0 Å². The average molecular weight is 392 g/mol. The van der Waals surface area contributed by atoms with Crippen LogP contribution < -0.4 is 5.32 Å². The SMILES string of the molecule is CCc1ccc(C(=O)N2CCC[C@]3(CC(C(=O)Nc4cccnc4)=NO3)C2)cc1. The largest absolute Gasteiger partial charge is 0.386 e. The number of oxime groups is 1. The van der Waals surface area contributed by atoms with Gasteiger partial charge in [0.25, 0.3) is 11.8 Å². The number of amides is 2. The summed E-state index contributed by atoms with van der Waals surface area (Å²) < 4.78 is 0. The third kappa shape index (κ3) is 4.13. The molecule has 2 aliphatic rings. The van der Waals surface area contributed by atoms with Crippen LogP contribution in [-0.2, 0) is 16.1 Å². The summed E-state index contributed by atoms with van der Waals surface area (Å²) in [6.45, 7) is 3.19. The molecule has 1 N–H and O–H groups in total. The molecule has 1 atom stereocenters. The second kappa shape index (κ2) is 8.03. The first-order chi connectivity index (χ1) is 14.1. The van der Waals surface area contributed by atoms with Crippen molar-refractivity contribution < 1.29 is 14.4 Å².